The van der Waals surface area contributed by atoms with E-state index in [9.17, 15) is 17.9 Å². The van der Waals surface area contributed by atoms with E-state index in [0.717, 1.165) is 5.56 Å². The minimum atomic E-state index is -3.94. The third-order valence-electron chi connectivity index (χ3n) is 4.64. The molecule has 0 bridgehead atoms. The van der Waals surface area contributed by atoms with Crippen LogP contribution >= 0.6 is 0 Å². The summed E-state index contributed by atoms with van der Waals surface area (Å²) in [7, 11) is -3.94. The van der Waals surface area contributed by atoms with E-state index in [1.807, 2.05) is 6.92 Å². The van der Waals surface area contributed by atoms with Crippen molar-refractivity contribution in [1.82, 2.24) is 4.72 Å². The van der Waals surface area contributed by atoms with Gasteiger partial charge in [-0.25, -0.2) is 12.8 Å². The van der Waals surface area contributed by atoms with Crippen LogP contribution in [0.15, 0.2) is 65.6 Å². The number of ether oxygens (including phenoxy) is 2. The van der Waals surface area contributed by atoms with Crippen molar-refractivity contribution in [3.63, 3.8) is 0 Å². The zero-order valence-electron chi connectivity index (χ0n) is 15.4. The van der Waals surface area contributed by atoms with Crippen molar-refractivity contribution in [2.75, 3.05) is 6.79 Å². The van der Waals surface area contributed by atoms with Crippen molar-refractivity contribution < 1.29 is 27.4 Å². The molecule has 1 heterocycles. The Morgan fingerprint density at radius 3 is 2.28 bits per heavy atom. The second-order valence-electron chi connectivity index (χ2n) is 6.68. The standard InChI is InChI=1S/C21H18FNO5S/c1-13-2-8-16(9-3-13)29(25,26)23-21(14-4-6-15(22)7-5-14)17-10-19-20(11-18(17)24)28-12-27-19/h2-11,21,23-24H,12H2,1H3. The number of rotatable bonds is 5. The minimum absolute atomic E-state index is 0.00847. The Balaban J connectivity index is 1.79. The number of halogens is 1. The van der Waals surface area contributed by atoms with Gasteiger partial charge in [-0.15, -0.1) is 0 Å². The van der Waals surface area contributed by atoms with Crippen LogP contribution in [0, 0.1) is 12.7 Å². The van der Waals surface area contributed by atoms with Crippen molar-refractivity contribution >= 4 is 10.0 Å². The average Bonchev–Trinajstić information content (AvgIpc) is 3.14. The molecule has 29 heavy (non-hydrogen) atoms. The molecular formula is C21H18FNO5S. The fraction of sp³-hybridized carbons (Fsp3) is 0.143. The molecule has 0 saturated heterocycles. The van der Waals surface area contributed by atoms with Gasteiger partial charge in [-0.1, -0.05) is 29.8 Å². The summed E-state index contributed by atoms with van der Waals surface area (Å²) >= 11 is 0. The Kier molecular flexibility index (Phi) is 4.89. The van der Waals surface area contributed by atoms with Crippen LogP contribution in [-0.2, 0) is 10.0 Å². The maximum absolute atomic E-state index is 13.4. The molecule has 3 aromatic rings. The summed E-state index contributed by atoms with van der Waals surface area (Å²) in [4.78, 5) is 0.0791. The van der Waals surface area contributed by atoms with Gasteiger partial charge in [0.1, 0.15) is 11.6 Å². The number of fused-ring (bicyclic) bond motifs is 1. The second kappa shape index (κ2) is 7.38. The SMILES string of the molecule is Cc1ccc(S(=O)(=O)NC(c2ccc(F)cc2)c2cc3c(cc2O)OCO3)cc1. The zero-order chi connectivity index (χ0) is 20.6. The molecule has 0 aromatic heterocycles. The molecule has 0 spiro atoms. The van der Waals surface area contributed by atoms with E-state index >= 15 is 0 Å². The first-order valence-corrected chi connectivity index (χ1v) is 10.3. The van der Waals surface area contributed by atoms with E-state index in [1.165, 1.54) is 48.5 Å². The summed E-state index contributed by atoms with van der Waals surface area (Å²) in [5, 5.41) is 10.5. The summed E-state index contributed by atoms with van der Waals surface area (Å²) < 4.78 is 52.6. The summed E-state index contributed by atoms with van der Waals surface area (Å²) in [6, 6.07) is 13.7. The lowest BCUT2D eigenvalue weighted by Gasteiger charge is -2.21. The van der Waals surface area contributed by atoms with Crippen LogP contribution in [0.25, 0.3) is 0 Å². The van der Waals surface area contributed by atoms with Crippen molar-refractivity contribution in [2.45, 2.75) is 17.9 Å². The Hall–Kier alpha value is -3.10. The van der Waals surface area contributed by atoms with Crippen LogP contribution in [0.2, 0.25) is 0 Å². The Bertz CT molecular complexity index is 1140. The fourth-order valence-corrected chi connectivity index (χ4v) is 4.29. The lowest BCUT2D eigenvalue weighted by Crippen LogP contribution is -2.29. The molecule has 150 valence electrons. The molecule has 0 radical (unpaired) electrons. The van der Waals surface area contributed by atoms with E-state index in [2.05, 4.69) is 4.72 Å². The third kappa shape index (κ3) is 3.90. The lowest BCUT2D eigenvalue weighted by atomic mass is 9.98. The molecule has 6 nitrogen and oxygen atoms in total. The summed E-state index contributed by atoms with van der Waals surface area (Å²) in [6.45, 7) is 1.87. The predicted octanol–water partition coefficient (Wildman–Crippen LogP) is 3.64. The van der Waals surface area contributed by atoms with Crippen LogP contribution in [0.1, 0.15) is 22.7 Å². The fourth-order valence-electron chi connectivity index (χ4n) is 3.09. The molecule has 3 aromatic carbocycles. The topological polar surface area (TPSA) is 84.9 Å². The van der Waals surface area contributed by atoms with Crippen LogP contribution < -0.4 is 14.2 Å². The molecule has 2 N–H and O–H groups in total. The predicted molar refractivity (Wildman–Crippen MR) is 104 cm³/mol. The van der Waals surface area contributed by atoms with Crippen LogP contribution in [0.4, 0.5) is 4.39 Å². The molecule has 0 fully saturated rings. The van der Waals surface area contributed by atoms with Gasteiger partial charge in [0.05, 0.1) is 10.9 Å². The van der Waals surface area contributed by atoms with Crippen LogP contribution in [0.5, 0.6) is 17.2 Å². The molecule has 0 amide bonds. The van der Waals surface area contributed by atoms with Gasteiger partial charge in [0, 0.05) is 11.6 Å². The monoisotopic (exact) mass is 415 g/mol. The van der Waals surface area contributed by atoms with E-state index in [0.29, 0.717) is 17.1 Å². The molecule has 1 atom stereocenters. The van der Waals surface area contributed by atoms with Crippen molar-refractivity contribution in [3.8, 4) is 17.2 Å². The molecule has 1 aliphatic heterocycles. The first kappa shape index (κ1) is 19.2. The van der Waals surface area contributed by atoms with Gasteiger partial charge in [0.15, 0.2) is 11.5 Å². The van der Waals surface area contributed by atoms with E-state index in [-0.39, 0.29) is 23.0 Å². The van der Waals surface area contributed by atoms with Gasteiger partial charge in [-0.05, 0) is 42.8 Å². The van der Waals surface area contributed by atoms with Crippen molar-refractivity contribution in [2.24, 2.45) is 0 Å². The van der Waals surface area contributed by atoms with E-state index in [4.69, 9.17) is 9.47 Å². The second-order valence-corrected chi connectivity index (χ2v) is 8.40. The van der Waals surface area contributed by atoms with Gasteiger partial charge in [-0.3, -0.25) is 0 Å². The van der Waals surface area contributed by atoms with Gasteiger partial charge in [-0.2, -0.15) is 4.72 Å². The van der Waals surface area contributed by atoms with Crippen molar-refractivity contribution in [3.05, 3.63) is 83.2 Å². The number of aryl methyl sites for hydroxylation is 1. The molecule has 8 heteroatoms. The maximum atomic E-state index is 13.4. The molecule has 1 unspecified atom stereocenters. The number of benzene rings is 3. The number of hydrogen-bond acceptors (Lipinski definition) is 5. The number of phenolic OH excluding ortho intramolecular Hbond substituents is 1. The minimum Gasteiger partial charge on any atom is -0.507 e. The van der Waals surface area contributed by atoms with E-state index < -0.39 is 21.9 Å². The maximum Gasteiger partial charge on any atom is 0.241 e. The highest BCUT2D eigenvalue weighted by Crippen LogP contribution is 2.41. The van der Waals surface area contributed by atoms with Gasteiger partial charge in [0.2, 0.25) is 16.8 Å². The molecule has 0 saturated carbocycles. The molecular weight excluding hydrogens is 397 g/mol. The highest BCUT2D eigenvalue weighted by atomic mass is 32.2. The average molecular weight is 415 g/mol. The zero-order valence-corrected chi connectivity index (χ0v) is 16.2. The summed E-state index contributed by atoms with van der Waals surface area (Å²) in [5.74, 6) is 0.129. The molecule has 0 aliphatic carbocycles. The van der Waals surface area contributed by atoms with Gasteiger partial charge < -0.3 is 14.6 Å². The molecule has 1 aliphatic rings. The number of sulfonamides is 1. The first-order chi connectivity index (χ1) is 13.8. The van der Waals surface area contributed by atoms with Gasteiger partial charge >= 0.3 is 0 Å². The van der Waals surface area contributed by atoms with E-state index in [1.54, 1.807) is 12.1 Å². The lowest BCUT2D eigenvalue weighted by molar-refractivity contribution is 0.174. The number of phenols is 1. The highest BCUT2D eigenvalue weighted by Gasteiger charge is 2.28. The van der Waals surface area contributed by atoms with Crippen LogP contribution in [-0.4, -0.2) is 20.3 Å². The quantitative estimate of drug-likeness (QED) is 0.665. The Labute approximate surface area is 167 Å². The van der Waals surface area contributed by atoms with Crippen molar-refractivity contribution in [1.29, 1.82) is 0 Å². The Morgan fingerprint density at radius 1 is 1.00 bits per heavy atom. The first-order valence-electron chi connectivity index (χ1n) is 8.80. The largest absolute Gasteiger partial charge is 0.507 e. The summed E-state index contributed by atoms with van der Waals surface area (Å²) in [5.41, 5.74) is 1.64. The number of nitrogens with one attached hydrogen (secondary N) is 1. The highest BCUT2D eigenvalue weighted by molar-refractivity contribution is 7.89. The Morgan fingerprint density at radius 2 is 1.62 bits per heavy atom. The molecule has 4 rings (SSSR count). The number of aromatic hydroxyl groups is 1. The van der Waals surface area contributed by atoms with Crippen LogP contribution in [0.3, 0.4) is 0 Å². The normalized spacial score (nSPS) is 14.0. The third-order valence-corrected chi connectivity index (χ3v) is 6.08. The smallest absolute Gasteiger partial charge is 0.241 e. The van der Waals surface area contributed by atoms with Gasteiger partial charge in [0.25, 0.3) is 0 Å². The summed E-state index contributed by atoms with van der Waals surface area (Å²) in [6.07, 6.45) is 0. The number of hydrogen-bond donors (Lipinski definition) is 2.